The van der Waals surface area contributed by atoms with Crippen LogP contribution in [-0.2, 0) is 32.7 Å². The zero-order chi connectivity index (χ0) is 44.9. The van der Waals surface area contributed by atoms with Crippen molar-refractivity contribution in [2.45, 2.75) is 199 Å². The van der Waals surface area contributed by atoms with Gasteiger partial charge in [0.25, 0.3) is 0 Å². The first-order valence-corrected chi connectivity index (χ1v) is 25.0. The molecular weight excluding hydrogens is 794 g/mol. The molecule has 0 rings (SSSR count). The average molecular weight is 878 g/mol. The molecule has 0 aliphatic rings. The fraction of sp³-hybridized carbons (Fsp3) is 0.694. The zero-order valence-corrected chi connectivity index (χ0v) is 38.8. The molecule has 350 valence electrons. The lowest BCUT2D eigenvalue weighted by Gasteiger charge is -2.18. The van der Waals surface area contributed by atoms with Gasteiger partial charge in [-0.2, -0.15) is 0 Å². The normalized spacial score (nSPS) is 14.3. The molecule has 0 radical (unpaired) electrons. The number of carboxylic acids is 1. The first kappa shape index (κ1) is 57.9. The molecule has 0 spiro atoms. The van der Waals surface area contributed by atoms with Crippen LogP contribution in [0, 0.1) is 0 Å². The number of ether oxygens (including phenoxy) is 1. The van der Waals surface area contributed by atoms with Gasteiger partial charge in [0.15, 0.2) is 6.04 Å². The number of hydrogen-bond donors (Lipinski definition) is 4. The monoisotopic (exact) mass is 878 g/mol. The van der Waals surface area contributed by atoms with Crippen LogP contribution in [0.5, 0.6) is 0 Å². The van der Waals surface area contributed by atoms with E-state index < -0.39 is 57.6 Å². The van der Waals surface area contributed by atoms with E-state index in [1.807, 2.05) is 0 Å². The van der Waals surface area contributed by atoms with Gasteiger partial charge in [0.2, 0.25) is 5.91 Å². The third-order valence-electron chi connectivity index (χ3n) is 9.76. The van der Waals surface area contributed by atoms with Crippen molar-refractivity contribution < 1.29 is 47.8 Å². The highest BCUT2D eigenvalue weighted by atomic mass is 31.2. The van der Waals surface area contributed by atoms with Gasteiger partial charge in [-0.15, -0.1) is 0 Å². The number of rotatable bonds is 43. The third kappa shape index (κ3) is 43.4. The molecule has 0 aliphatic carbocycles. The second-order valence-electron chi connectivity index (χ2n) is 15.6. The molecule has 4 N–H and O–H groups in total. The number of phosphoric acid groups is 1. The lowest BCUT2D eigenvalue weighted by atomic mass is 10.0. The highest BCUT2D eigenvalue weighted by molar-refractivity contribution is 7.47. The van der Waals surface area contributed by atoms with Gasteiger partial charge in [-0.05, 0) is 64.2 Å². The Morgan fingerprint density at radius 2 is 0.951 bits per heavy atom. The maximum absolute atomic E-state index is 12.3. The smallest absolute Gasteiger partial charge is 0.472 e. The van der Waals surface area contributed by atoms with Gasteiger partial charge in [-0.3, -0.25) is 18.6 Å². The number of carbonyl (C=O) groups is 3. The van der Waals surface area contributed by atoms with Crippen LogP contribution in [0.2, 0.25) is 0 Å². The standard InChI is InChI=1S/C49H84NO10P/c1-3-5-7-9-11-13-15-17-19-21-22-23-24-25-27-29-31-33-35-37-39-41-48(53)58-42-45(51)43-59-61(56,57)60-44-46(49(54)55)50-47(52)40-38-36-34-32-30-28-26-20-18-16-14-12-10-8-6-4-2/h5,7,11,13,17,19,22-23,25,27,31,33,45-46,51H,3-4,6,8-10,12,14-16,18,20-21,24,26,28-30,32,34-44H2,1-2H3,(H,50,52)(H,54,55)(H,56,57)/b7-5-,13-11-,19-17-,23-22-,27-25-,33-31-. The minimum absolute atomic E-state index is 0.143. The summed E-state index contributed by atoms with van der Waals surface area (Å²) >= 11 is 0. The predicted molar refractivity (Wildman–Crippen MR) is 249 cm³/mol. The molecule has 0 bridgehead atoms. The van der Waals surface area contributed by atoms with E-state index in [0.717, 1.165) is 70.6 Å². The van der Waals surface area contributed by atoms with E-state index in [-0.39, 0.29) is 12.8 Å². The molecule has 12 heteroatoms. The molecule has 11 nitrogen and oxygen atoms in total. The summed E-state index contributed by atoms with van der Waals surface area (Å²) in [5.74, 6) is -2.42. The average Bonchev–Trinajstić information content (AvgIpc) is 3.24. The van der Waals surface area contributed by atoms with Crippen LogP contribution >= 0.6 is 7.82 Å². The molecule has 0 saturated carbocycles. The van der Waals surface area contributed by atoms with E-state index in [9.17, 15) is 34.1 Å². The number of amides is 1. The van der Waals surface area contributed by atoms with Crippen LogP contribution < -0.4 is 5.32 Å². The second-order valence-corrected chi connectivity index (χ2v) is 17.0. The Labute approximate surface area is 369 Å². The molecule has 0 aromatic heterocycles. The van der Waals surface area contributed by atoms with Crippen LogP contribution in [0.15, 0.2) is 72.9 Å². The van der Waals surface area contributed by atoms with Crippen molar-refractivity contribution in [3.8, 4) is 0 Å². The third-order valence-corrected chi connectivity index (χ3v) is 10.7. The Kier molecular flexibility index (Phi) is 41.4. The number of hydrogen-bond acceptors (Lipinski definition) is 8. The molecule has 0 aromatic carbocycles. The van der Waals surface area contributed by atoms with E-state index in [1.165, 1.54) is 77.0 Å². The Hall–Kier alpha value is -3.08. The number of unbranched alkanes of at least 4 members (excludes halogenated alkanes) is 17. The Bertz CT molecular complexity index is 1310. The van der Waals surface area contributed by atoms with Gasteiger partial charge in [0, 0.05) is 12.8 Å². The Balaban J connectivity index is 3.95. The topological polar surface area (TPSA) is 169 Å². The predicted octanol–water partition coefficient (Wildman–Crippen LogP) is 12.5. The highest BCUT2D eigenvalue weighted by Gasteiger charge is 2.28. The van der Waals surface area contributed by atoms with Gasteiger partial charge in [-0.25, -0.2) is 9.36 Å². The summed E-state index contributed by atoms with van der Waals surface area (Å²) in [6.45, 7) is 2.44. The fourth-order valence-electron chi connectivity index (χ4n) is 6.14. The Morgan fingerprint density at radius 3 is 1.41 bits per heavy atom. The molecule has 61 heavy (non-hydrogen) atoms. The summed E-state index contributed by atoms with van der Waals surface area (Å²) < 4.78 is 26.8. The summed E-state index contributed by atoms with van der Waals surface area (Å²) in [5.41, 5.74) is 0. The minimum atomic E-state index is -4.77. The van der Waals surface area contributed by atoms with Crippen LogP contribution in [0.3, 0.4) is 0 Å². The van der Waals surface area contributed by atoms with Gasteiger partial charge in [-0.1, -0.05) is 183 Å². The van der Waals surface area contributed by atoms with Crippen molar-refractivity contribution in [3.63, 3.8) is 0 Å². The van der Waals surface area contributed by atoms with Crippen molar-refractivity contribution in [3.05, 3.63) is 72.9 Å². The molecule has 3 atom stereocenters. The van der Waals surface area contributed by atoms with E-state index in [2.05, 4.69) is 92.1 Å². The van der Waals surface area contributed by atoms with Crippen LogP contribution in [0.4, 0.5) is 0 Å². The largest absolute Gasteiger partial charge is 0.480 e. The first-order valence-electron chi connectivity index (χ1n) is 23.5. The van der Waals surface area contributed by atoms with Gasteiger partial charge in [0.05, 0.1) is 13.2 Å². The van der Waals surface area contributed by atoms with E-state index >= 15 is 0 Å². The number of allylic oxidation sites excluding steroid dienone is 12. The lowest BCUT2D eigenvalue weighted by Crippen LogP contribution is -2.43. The second kappa shape index (κ2) is 43.6. The van der Waals surface area contributed by atoms with Crippen LogP contribution in [0.25, 0.3) is 0 Å². The van der Waals surface area contributed by atoms with Crippen molar-refractivity contribution in [1.82, 2.24) is 5.32 Å². The van der Waals surface area contributed by atoms with Crippen molar-refractivity contribution in [1.29, 1.82) is 0 Å². The van der Waals surface area contributed by atoms with E-state index in [1.54, 1.807) is 0 Å². The van der Waals surface area contributed by atoms with Gasteiger partial charge < -0.3 is 25.2 Å². The van der Waals surface area contributed by atoms with Crippen molar-refractivity contribution in [2.24, 2.45) is 0 Å². The summed E-state index contributed by atoms with van der Waals surface area (Å²) in [4.78, 5) is 46.0. The SMILES string of the molecule is CC/C=C\C/C=C\C/C=C\C/C=C\C/C=C\C/C=C\CCCCC(=O)OCC(O)COP(=O)(O)OCC(NC(=O)CCCCCCCCCCCCCCCCCC)C(=O)O. The number of nitrogens with one attached hydrogen (secondary N) is 1. The van der Waals surface area contributed by atoms with Gasteiger partial charge >= 0.3 is 19.8 Å². The summed E-state index contributed by atoms with van der Waals surface area (Å²) in [6, 6.07) is -1.55. The maximum atomic E-state index is 12.3. The number of aliphatic hydroxyl groups excluding tert-OH is 1. The fourth-order valence-corrected chi connectivity index (χ4v) is 6.91. The number of esters is 1. The molecule has 0 heterocycles. The van der Waals surface area contributed by atoms with E-state index in [0.29, 0.717) is 12.8 Å². The molecule has 0 aromatic rings. The molecule has 0 saturated heterocycles. The molecular formula is C49H84NO10P. The molecule has 1 amide bonds. The summed E-state index contributed by atoms with van der Waals surface area (Å²) in [5, 5.41) is 21.9. The van der Waals surface area contributed by atoms with Crippen LogP contribution in [-0.4, -0.2) is 64.9 Å². The summed E-state index contributed by atoms with van der Waals surface area (Å²) in [7, 11) is -4.77. The molecule has 3 unspecified atom stereocenters. The highest BCUT2D eigenvalue weighted by Crippen LogP contribution is 2.43. The van der Waals surface area contributed by atoms with Crippen LogP contribution in [0.1, 0.15) is 187 Å². The van der Waals surface area contributed by atoms with Gasteiger partial charge in [0.1, 0.15) is 12.7 Å². The number of carboxylic acid groups (broad SMARTS) is 1. The summed E-state index contributed by atoms with van der Waals surface area (Å²) in [6.07, 6.45) is 52.1. The van der Waals surface area contributed by atoms with Crippen molar-refractivity contribution in [2.75, 3.05) is 19.8 Å². The number of phosphoric ester groups is 1. The molecule has 0 fully saturated rings. The lowest BCUT2D eigenvalue weighted by molar-refractivity contribution is -0.147. The number of aliphatic hydroxyl groups is 1. The first-order chi connectivity index (χ1) is 29.6. The number of aliphatic carboxylic acids is 1. The zero-order valence-electron chi connectivity index (χ0n) is 37.9. The Morgan fingerprint density at radius 1 is 0.541 bits per heavy atom. The van der Waals surface area contributed by atoms with E-state index in [4.69, 9.17) is 13.8 Å². The van der Waals surface area contributed by atoms with Crippen molar-refractivity contribution >= 4 is 25.7 Å². The molecule has 0 aliphatic heterocycles. The number of carbonyl (C=O) groups excluding carboxylic acids is 2. The quantitative estimate of drug-likeness (QED) is 0.0200. The maximum Gasteiger partial charge on any atom is 0.472 e. The minimum Gasteiger partial charge on any atom is -0.480 e.